The maximum Gasteiger partial charge on any atom is 0.251 e. The van der Waals surface area contributed by atoms with Crippen molar-refractivity contribution in [3.8, 4) is 0 Å². The molecule has 0 aliphatic rings. The number of nitrogens with two attached hydrogens (primary N) is 1. The lowest BCUT2D eigenvalue weighted by Crippen LogP contribution is -2.23. The van der Waals surface area contributed by atoms with Gasteiger partial charge in [-0.05, 0) is 25.5 Å². The number of aryl methyl sites for hydroxylation is 2. The van der Waals surface area contributed by atoms with Crippen molar-refractivity contribution in [1.82, 2.24) is 15.5 Å². The highest BCUT2D eigenvalue weighted by Gasteiger charge is 2.10. The van der Waals surface area contributed by atoms with Gasteiger partial charge in [-0.1, -0.05) is 12.1 Å². The van der Waals surface area contributed by atoms with Gasteiger partial charge in [0.15, 0.2) is 5.76 Å². The van der Waals surface area contributed by atoms with E-state index in [2.05, 4.69) is 20.9 Å². The lowest BCUT2D eigenvalue weighted by Gasteiger charge is -2.07. The van der Waals surface area contributed by atoms with Gasteiger partial charge in [0, 0.05) is 17.3 Å². The highest BCUT2D eigenvalue weighted by Crippen LogP contribution is 2.11. The predicted molar refractivity (Wildman–Crippen MR) is 73.8 cm³/mol. The van der Waals surface area contributed by atoms with Crippen LogP contribution in [0.25, 0.3) is 0 Å². The summed E-state index contributed by atoms with van der Waals surface area (Å²) < 4.78 is 5.03. The molecule has 0 unspecified atom stereocenters. The van der Waals surface area contributed by atoms with Crippen LogP contribution in [0.3, 0.4) is 0 Å². The fourth-order valence-electron chi connectivity index (χ4n) is 1.74. The molecule has 0 saturated carbocycles. The third-order valence-corrected chi connectivity index (χ3v) is 2.75. The standard InChI is InChI=1S/C13H17N5O2/c1-3-10-5-9(6-12(16-10)17-14)13(19)15-7-11-4-8(2)18-20-11/h4-6H,3,7,14H2,1-2H3,(H,15,19)(H,16,17). The number of hydrazine groups is 1. The van der Waals surface area contributed by atoms with Crippen LogP contribution in [-0.4, -0.2) is 16.0 Å². The minimum Gasteiger partial charge on any atom is -0.359 e. The second-order valence-corrected chi connectivity index (χ2v) is 4.35. The van der Waals surface area contributed by atoms with E-state index in [1.807, 2.05) is 13.8 Å². The summed E-state index contributed by atoms with van der Waals surface area (Å²) in [5.41, 5.74) is 4.53. The van der Waals surface area contributed by atoms with Gasteiger partial charge in [-0.15, -0.1) is 0 Å². The van der Waals surface area contributed by atoms with Crippen molar-refractivity contribution in [2.45, 2.75) is 26.8 Å². The van der Waals surface area contributed by atoms with Gasteiger partial charge in [0.05, 0.1) is 12.2 Å². The summed E-state index contributed by atoms with van der Waals surface area (Å²) in [6.45, 7) is 4.07. The number of carbonyl (C=O) groups is 1. The van der Waals surface area contributed by atoms with Crippen molar-refractivity contribution in [1.29, 1.82) is 0 Å². The zero-order chi connectivity index (χ0) is 14.5. The van der Waals surface area contributed by atoms with Crippen LogP contribution in [0.2, 0.25) is 0 Å². The molecule has 0 saturated heterocycles. The average molecular weight is 275 g/mol. The summed E-state index contributed by atoms with van der Waals surface area (Å²) in [6, 6.07) is 5.11. The van der Waals surface area contributed by atoms with Crippen LogP contribution < -0.4 is 16.6 Å². The number of nitrogens with zero attached hydrogens (tertiary/aromatic N) is 2. The Morgan fingerprint density at radius 3 is 2.80 bits per heavy atom. The van der Waals surface area contributed by atoms with Crippen molar-refractivity contribution < 1.29 is 9.32 Å². The van der Waals surface area contributed by atoms with Crippen LogP contribution >= 0.6 is 0 Å². The Hall–Kier alpha value is -2.41. The Labute approximate surface area is 116 Å². The topological polar surface area (TPSA) is 106 Å². The number of anilines is 1. The molecule has 0 aromatic carbocycles. The Bertz CT molecular complexity index is 586. The van der Waals surface area contributed by atoms with Crippen LogP contribution in [0.5, 0.6) is 0 Å². The predicted octanol–water partition coefficient (Wildman–Crippen LogP) is 1.16. The van der Waals surface area contributed by atoms with E-state index in [0.717, 1.165) is 17.8 Å². The van der Waals surface area contributed by atoms with Crippen LogP contribution in [0.4, 0.5) is 5.82 Å². The van der Waals surface area contributed by atoms with E-state index in [0.29, 0.717) is 17.1 Å². The molecule has 2 rings (SSSR count). The summed E-state index contributed by atoms with van der Waals surface area (Å²) in [6.07, 6.45) is 0.719. The Balaban J connectivity index is 2.08. The molecule has 0 radical (unpaired) electrons. The molecule has 7 heteroatoms. The molecule has 0 fully saturated rings. The van der Waals surface area contributed by atoms with E-state index >= 15 is 0 Å². The molecular weight excluding hydrogens is 258 g/mol. The second-order valence-electron chi connectivity index (χ2n) is 4.35. The monoisotopic (exact) mass is 275 g/mol. The van der Waals surface area contributed by atoms with Crippen LogP contribution in [0, 0.1) is 6.92 Å². The maximum absolute atomic E-state index is 12.1. The quantitative estimate of drug-likeness (QED) is 0.558. The number of hydrogen-bond donors (Lipinski definition) is 3. The fourth-order valence-corrected chi connectivity index (χ4v) is 1.74. The van der Waals surface area contributed by atoms with E-state index in [-0.39, 0.29) is 12.5 Å². The number of nitrogens with one attached hydrogen (secondary N) is 2. The van der Waals surface area contributed by atoms with Gasteiger partial charge in [0.25, 0.3) is 5.91 Å². The van der Waals surface area contributed by atoms with Gasteiger partial charge in [-0.3, -0.25) is 4.79 Å². The van der Waals surface area contributed by atoms with Gasteiger partial charge >= 0.3 is 0 Å². The number of nitrogen functional groups attached to an aromatic ring is 1. The zero-order valence-corrected chi connectivity index (χ0v) is 11.4. The number of pyridine rings is 1. The van der Waals surface area contributed by atoms with Crippen LogP contribution in [0.1, 0.15) is 34.4 Å². The number of aromatic nitrogens is 2. The molecule has 0 atom stereocenters. The SMILES string of the molecule is CCc1cc(C(=O)NCc2cc(C)no2)cc(NN)n1. The van der Waals surface area contributed by atoms with Gasteiger partial charge in [0.2, 0.25) is 0 Å². The summed E-state index contributed by atoms with van der Waals surface area (Å²) in [5.74, 6) is 6.20. The molecule has 2 aromatic rings. The minimum atomic E-state index is -0.215. The molecule has 0 aliphatic heterocycles. The third kappa shape index (κ3) is 3.33. The fraction of sp³-hybridized carbons (Fsp3) is 0.308. The van der Waals surface area contributed by atoms with E-state index < -0.39 is 0 Å². The molecule has 1 amide bonds. The lowest BCUT2D eigenvalue weighted by atomic mass is 10.2. The minimum absolute atomic E-state index is 0.215. The first-order chi connectivity index (χ1) is 9.62. The van der Waals surface area contributed by atoms with Gasteiger partial charge in [0.1, 0.15) is 5.82 Å². The smallest absolute Gasteiger partial charge is 0.251 e. The van der Waals surface area contributed by atoms with Crippen molar-refractivity contribution in [3.05, 3.63) is 40.9 Å². The average Bonchev–Trinajstić information content (AvgIpc) is 2.89. The number of amides is 1. The molecule has 0 spiro atoms. The summed E-state index contributed by atoms with van der Waals surface area (Å²) in [4.78, 5) is 16.3. The molecule has 0 bridgehead atoms. The first kappa shape index (κ1) is 14.0. The van der Waals surface area contributed by atoms with E-state index in [4.69, 9.17) is 10.4 Å². The first-order valence-corrected chi connectivity index (χ1v) is 6.30. The zero-order valence-electron chi connectivity index (χ0n) is 11.4. The number of hydrogen-bond acceptors (Lipinski definition) is 6. The molecule has 4 N–H and O–H groups in total. The van der Waals surface area contributed by atoms with E-state index in [1.165, 1.54) is 0 Å². The Kier molecular flexibility index (Phi) is 4.31. The van der Waals surface area contributed by atoms with Gasteiger partial charge in [-0.25, -0.2) is 10.8 Å². The summed E-state index contributed by atoms with van der Waals surface area (Å²) >= 11 is 0. The number of carbonyl (C=O) groups excluding carboxylic acids is 1. The highest BCUT2D eigenvalue weighted by molar-refractivity contribution is 5.94. The third-order valence-electron chi connectivity index (χ3n) is 2.75. The van der Waals surface area contributed by atoms with Crippen molar-refractivity contribution in [2.24, 2.45) is 5.84 Å². The molecule has 0 aliphatic carbocycles. The molecular formula is C13H17N5O2. The lowest BCUT2D eigenvalue weighted by molar-refractivity contribution is 0.0947. The number of rotatable bonds is 5. The molecule has 7 nitrogen and oxygen atoms in total. The molecule has 2 heterocycles. The normalized spacial score (nSPS) is 10.3. The van der Waals surface area contributed by atoms with E-state index in [1.54, 1.807) is 18.2 Å². The Morgan fingerprint density at radius 2 is 2.20 bits per heavy atom. The second kappa shape index (κ2) is 6.16. The van der Waals surface area contributed by atoms with Crippen molar-refractivity contribution >= 4 is 11.7 Å². The van der Waals surface area contributed by atoms with Crippen LogP contribution in [0.15, 0.2) is 22.7 Å². The summed E-state index contributed by atoms with van der Waals surface area (Å²) in [7, 11) is 0. The highest BCUT2D eigenvalue weighted by atomic mass is 16.5. The van der Waals surface area contributed by atoms with Gasteiger partial charge in [-0.2, -0.15) is 0 Å². The maximum atomic E-state index is 12.1. The summed E-state index contributed by atoms with van der Waals surface area (Å²) in [5, 5.41) is 6.52. The van der Waals surface area contributed by atoms with Crippen molar-refractivity contribution in [2.75, 3.05) is 5.43 Å². The van der Waals surface area contributed by atoms with Gasteiger partial charge < -0.3 is 15.3 Å². The first-order valence-electron chi connectivity index (χ1n) is 6.30. The Morgan fingerprint density at radius 1 is 1.40 bits per heavy atom. The van der Waals surface area contributed by atoms with E-state index in [9.17, 15) is 4.79 Å². The molecule has 106 valence electrons. The molecule has 20 heavy (non-hydrogen) atoms. The van der Waals surface area contributed by atoms with Crippen LogP contribution in [-0.2, 0) is 13.0 Å². The molecule has 2 aromatic heterocycles. The largest absolute Gasteiger partial charge is 0.359 e. The van der Waals surface area contributed by atoms with Crippen molar-refractivity contribution in [3.63, 3.8) is 0 Å².